The molecule has 1 unspecified atom stereocenters. The zero-order valence-corrected chi connectivity index (χ0v) is 10.3. The Kier molecular flexibility index (Phi) is 3.04. The van der Waals surface area contributed by atoms with Gasteiger partial charge in [0.2, 0.25) is 0 Å². The lowest BCUT2D eigenvalue weighted by Gasteiger charge is -2.36. The van der Waals surface area contributed by atoms with E-state index in [0.29, 0.717) is 0 Å². The monoisotopic (exact) mass is 240 g/mol. The van der Waals surface area contributed by atoms with Crippen LogP contribution in [-0.2, 0) is 0 Å². The van der Waals surface area contributed by atoms with Crippen LogP contribution < -0.4 is 4.74 Å². The van der Waals surface area contributed by atoms with E-state index in [0.717, 1.165) is 30.0 Å². The molecule has 0 amide bonds. The van der Waals surface area contributed by atoms with E-state index in [1.54, 1.807) is 0 Å². The molecule has 0 saturated carbocycles. The molecule has 1 saturated heterocycles. The maximum atomic E-state index is 9.29. The highest BCUT2D eigenvalue weighted by Gasteiger charge is 2.29. The zero-order valence-electron chi connectivity index (χ0n) is 10.3. The van der Waals surface area contributed by atoms with Crippen molar-refractivity contribution in [1.82, 2.24) is 4.90 Å². The molecule has 2 aliphatic heterocycles. The minimum absolute atomic E-state index is 0.190. The number of benzene rings is 1. The standard InChI is InChI=1S/C15H16N2O/c16-11-13-10-12-6-2-3-7-14(12)18-15(13)17-8-4-1-5-9-17/h2-3,6-7,10,15H,1,4-5,8-9H2. The van der Waals surface area contributed by atoms with E-state index in [9.17, 15) is 5.26 Å². The first-order valence-electron chi connectivity index (χ1n) is 6.50. The Morgan fingerprint density at radius 2 is 1.94 bits per heavy atom. The molecule has 2 heterocycles. The van der Waals surface area contributed by atoms with Crippen LogP contribution in [0.3, 0.4) is 0 Å². The van der Waals surface area contributed by atoms with Crippen LogP contribution >= 0.6 is 0 Å². The molecule has 0 spiro atoms. The number of ether oxygens (including phenoxy) is 1. The number of nitrogens with zero attached hydrogens (tertiary/aromatic N) is 2. The summed E-state index contributed by atoms with van der Waals surface area (Å²) in [6.45, 7) is 2.04. The molecule has 0 aromatic heterocycles. The first-order chi connectivity index (χ1) is 8.88. The van der Waals surface area contributed by atoms with Crippen molar-refractivity contribution in [3.05, 3.63) is 35.4 Å². The Bertz CT molecular complexity index is 509. The summed E-state index contributed by atoms with van der Waals surface area (Å²) in [6, 6.07) is 10.2. The van der Waals surface area contributed by atoms with Gasteiger partial charge in [0, 0.05) is 18.7 Å². The molecule has 0 bridgehead atoms. The SMILES string of the molecule is N#CC1=Cc2ccccc2OC1N1CCCCC1. The molecule has 1 aromatic rings. The Morgan fingerprint density at radius 3 is 2.72 bits per heavy atom. The fraction of sp³-hybridized carbons (Fsp3) is 0.400. The van der Waals surface area contributed by atoms with Crippen molar-refractivity contribution < 1.29 is 4.74 Å². The van der Waals surface area contributed by atoms with Gasteiger partial charge in [-0.2, -0.15) is 5.26 Å². The second-order valence-corrected chi connectivity index (χ2v) is 4.82. The van der Waals surface area contributed by atoms with Crippen molar-refractivity contribution in [3.63, 3.8) is 0 Å². The number of hydrogen-bond acceptors (Lipinski definition) is 3. The predicted molar refractivity (Wildman–Crippen MR) is 69.9 cm³/mol. The molecule has 3 heteroatoms. The fourth-order valence-electron chi connectivity index (χ4n) is 2.64. The van der Waals surface area contributed by atoms with Crippen LogP contribution in [0.15, 0.2) is 29.8 Å². The van der Waals surface area contributed by atoms with E-state index in [4.69, 9.17) is 4.74 Å². The van der Waals surface area contributed by atoms with Crippen LogP contribution in [0.5, 0.6) is 5.75 Å². The highest BCUT2D eigenvalue weighted by Crippen LogP contribution is 2.31. The molecule has 1 atom stereocenters. The smallest absolute Gasteiger partial charge is 0.188 e. The van der Waals surface area contributed by atoms with Crippen molar-refractivity contribution in [2.75, 3.05) is 13.1 Å². The van der Waals surface area contributed by atoms with Crippen LogP contribution in [0.4, 0.5) is 0 Å². The van der Waals surface area contributed by atoms with Gasteiger partial charge >= 0.3 is 0 Å². The van der Waals surface area contributed by atoms with E-state index in [1.165, 1.54) is 19.3 Å². The number of nitriles is 1. The van der Waals surface area contributed by atoms with E-state index >= 15 is 0 Å². The molecular weight excluding hydrogens is 224 g/mol. The molecule has 0 radical (unpaired) electrons. The summed E-state index contributed by atoms with van der Waals surface area (Å²) in [5, 5.41) is 9.29. The quantitative estimate of drug-likeness (QED) is 0.757. The number of fused-ring (bicyclic) bond motifs is 1. The molecule has 3 nitrogen and oxygen atoms in total. The molecule has 2 aliphatic rings. The van der Waals surface area contributed by atoms with Gasteiger partial charge in [0.05, 0.1) is 5.57 Å². The third-order valence-corrected chi connectivity index (χ3v) is 3.59. The van der Waals surface area contributed by atoms with E-state index in [-0.39, 0.29) is 6.23 Å². The average molecular weight is 240 g/mol. The maximum absolute atomic E-state index is 9.29. The second-order valence-electron chi connectivity index (χ2n) is 4.82. The first-order valence-corrected chi connectivity index (χ1v) is 6.50. The van der Waals surface area contributed by atoms with Gasteiger partial charge in [-0.3, -0.25) is 4.90 Å². The molecule has 18 heavy (non-hydrogen) atoms. The maximum Gasteiger partial charge on any atom is 0.188 e. The van der Waals surface area contributed by atoms with Gasteiger partial charge in [-0.05, 0) is 25.0 Å². The highest BCUT2D eigenvalue weighted by molar-refractivity contribution is 5.65. The minimum atomic E-state index is -0.190. The van der Waals surface area contributed by atoms with Crippen molar-refractivity contribution in [2.45, 2.75) is 25.5 Å². The van der Waals surface area contributed by atoms with Crippen LogP contribution in [0.25, 0.3) is 6.08 Å². The number of piperidine rings is 1. The predicted octanol–water partition coefficient (Wildman–Crippen LogP) is 2.80. The average Bonchev–Trinajstić information content (AvgIpc) is 2.46. The van der Waals surface area contributed by atoms with E-state index in [2.05, 4.69) is 11.0 Å². The van der Waals surface area contributed by atoms with Crippen molar-refractivity contribution >= 4 is 6.08 Å². The molecule has 3 rings (SSSR count). The third-order valence-electron chi connectivity index (χ3n) is 3.59. The molecular formula is C15H16N2O. The molecule has 1 fully saturated rings. The summed E-state index contributed by atoms with van der Waals surface area (Å²) in [4.78, 5) is 2.27. The normalized spacial score (nSPS) is 23.5. The van der Waals surface area contributed by atoms with Gasteiger partial charge in [-0.15, -0.1) is 0 Å². The third kappa shape index (κ3) is 2.00. The van der Waals surface area contributed by atoms with E-state index < -0.39 is 0 Å². The van der Waals surface area contributed by atoms with Crippen LogP contribution in [0.1, 0.15) is 24.8 Å². The van der Waals surface area contributed by atoms with Crippen LogP contribution in [0.2, 0.25) is 0 Å². The topological polar surface area (TPSA) is 36.3 Å². The van der Waals surface area contributed by atoms with Crippen molar-refractivity contribution in [2.24, 2.45) is 0 Å². The van der Waals surface area contributed by atoms with Gasteiger partial charge in [-0.25, -0.2) is 0 Å². The Balaban J connectivity index is 1.91. The fourth-order valence-corrected chi connectivity index (χ4v) is 2.64. The summed E-state index contributed by atoms with van der Waals surface area (Å²) in [5.41, 5.74) is 1.72. The Hall–Kier alpha value is -1.79. The number of hydrogen-bond donors (Lipinski definition) is 0. The van der Waals surface area contributed by atoms with E-state index in [1.807, 2.05) is 30.3 Å². The Morgan fingerprint density at radius 1 is 1.17 bits per heavy atom. The van der Waals surface area contributed by atoms with Gasteiger partial charge in [0.25, 0.3) is 0 Å². The lowest BCUT2D eigenvalue weighted by molar-refractivity contribution is 0.0404. The summed E-state index contributed by atoms with van der Waals surface area (Å²) in [6.07, 6.45) is 5.44. The first kappa shape index (κ1) is 11.3. The molecule has 1 aromatic carbocycles. The van der Waals surface area contributed by atoms with Crippen LogP contribution in [-0.4, -0.2) is 24.2 Å². The minimum Gasteiger partial charge on any atom is -0.470 e. The summed E-state index contributed by atoms with van der Waals surface area (Å²) < 4.78 is 6.01. The van der Waals surface area contributed by atoms with Gasteiger partial charge in [-0.1, -0.05) is 24.6 Å². The van der Waals surface area contributed by atoms with Gasteiger partial charge in [0.1, 0.15) is 11.8 Å². The molecule has 0 N–H and O–H groups in total. The number of likely N-dealkylation sites (tertiary alicyclic amines) is 1. The number of para-hydroxylation sites is 1. The summed E-state index contributed by atoms with van der Waals surface area (Å²) in [7, 11) is 0. The second kappa shape index (κ2) is 4.83. The number of rotatable bonds is 1. The lowest BCUT2D eigenvalue weighted by atomic mass is 10.0. The molecule has 0 aliphatic carbocycles. The van der Waals surface area contributed by atoms with Crippen LogP contribution in [0, 0.1) is 11.3 Å². The Labute approximate surface area is 107 Å². The summed E-state index contributed by atoms with van der Waals surface area (Å²) in [5.74, 6) is 0.882. The largest absolute Gasteiger partial charge is 0.470 e. The summed E-state index contributed by atoms with van der Waals surface area (Å²) >= 11 is 0. The van der Waals surface area contributed by atoms with Crippen molar-refractivity contribution in [3.8, 4) is 11.8 Å². The van der Waals surface area contributed by atoms with Gasteiger partial charge < -0.3 is 4.74 Å². The zero-order chi connectivity index (χ0) is 12.4. The highest BCUT2D eigenvalue weighted by atomic mass is 16.5. The lowest BCUT2D eigenvalue weighted by Crippen LogP contribution is -2.44. The van der Waals surface area contributed by atoms with Crippen molar-refractivity contribution in [1.29, 1.82) is 5.26 Å². The van der Waals surface area contributed by atoms with Gasteiger partial charge in [0.15, 0.2) is 6.23 Å². The molecule has 92 valence electrons.